The second kappa shape index (κ2) is 4.79. The monoisotopic (exact) mass is 250 g/mol. The lowest BCUT2D eigenvalue weighted by atomic mass is 10.1. The van der Waals surface area contributed by atoms with Crippen LogP contribution in [0.5, 0.6) is 0 Å². The minimum absolute atomic E-state index is 0.00394. The van der Waals surface area contributed by atoms with Crippen LogP contribution in [0.2, 0.25) is 0 Å². The van der Waals surface area contributed by atoms with E-state index in [1.54, 1.807) is 12.1 Å². The predicted molar refractivity (Wildman–Crippen MR) is 59.1 cm³/mol. The maximum absolute atomic E-state index is 11.7. The Balaban J connectivity index is 2.58. The van der Waals surface area contributed by atoms with Crippen molar-refractivity contribution in [2.45, 2.75) is 0 Å². The van der Waals surface area contributed by atoms with Gasteiger partial charge in [0.05, 0.1) is 20.5 Å². The third-order valence-electron chi connectivity index (χ3n) is 2.33. The van der Waals surface area contributed by atoms with Gasteiger partial charge in [0.1, 0.15) is 17.4 Å². The van der Waals surface area contributed by atoms with Gasteiger partial charge in [-0.1, -0.05) is 0 Å². The predicted octanol–water partition coefficient (Wildman–Crippen LogP) is 2.11. The zero-order valence-corrected chi connectivity index (χ0v) is 9.76. The van der Waals surface area contributed by atoms with E-state index < -0.39 is 11.9 Å². The van der Waals surface area contributed by atoms with Crippen LogP contribution in [0.4, 0.5) is 0 Å². The van der Waals surface area contributed by atoms with Gasteiger partial charge in [0, 0.05) is 0 Å². The maximum Gasteiger partial charge on any atom is 0.342 e. The largest absolute Gasteiger partial charge is 0.465 e. The Bertz CT molecular complexity index is 563. The van der Waals surface area contributed by atoms with Crippen LogP contribution in [0.1, 0.15) is 20.7 Å². The molecule has 0 N–H and O–H groups in total. The fourth-order valence-corrected chi connectivity index (χ4v) is 1.51. The number of furan rings is 2. The molecule has 0 saturated heterocycles. The van der Waals surface area contributed by atoms with Crippen molar-refractivity contribution < 1.29 is 27.9 Å². The van der Waals surface area contributed by atoms with E-state index in [4.69, 9.17) is 8.83 Å². The highest BCUT2D eigenvalue weighted by atomic mass is 16.5. The Kier molecular flexibility index (Phi) is 3.18. The Morgan fingerprint density at radius 3 is 2.39 bits per heavy atom. The van der Waals surface area contributed by atoms with Crippen molar-refractivity contribution >= 4 is 11.9 Å². The van der Waals surface area contributed by atoms with Gasteiger partial charge in [-0.25, -0.2) is 9.59 Å². The van der Waals surface area contributed by atoms with E-state index in [1.165, 1.54) is 20.5 Å². The molecule has 2 heterocycles. The molecule has 0 aliphatic rings. The van der Waals surface area contributed by atoms with Crippen molar-refractivity contribution in [2.24, 2.45) is 0 Å². The zero-order chi connectivity index (χ0) is 13.1. The van der Waals surface area contributed by atoms with Crippen LogP contribution in [0.15, 0.2) is 33.5 Å². The average molecular weight is 250 g/mol. The Labute approximate surface area is 102 Å². The van der Waals surface area contributed by atoms with Gasteiger partial charge in [-0.2, -0.15) is 0 Å². The van der Waals surface area contributed by atoms with E-state index in [1.807, 2.05) is 0 Å². The van der Waals surface area contributed by atoms with Crippen molar-refractivity contribution in [1.82, 2.24) is 0 Å². The van der Waals surface area contributed by atoms with Gasteiger partial charge in [0.15, 0.2) is 11.5 Å². The van der Waals surface area contributed by atoms with Crippen LogP contribution < -0.4 is 0 Å². The highest BCUT2D eigenvalue weighted by molar-refractivity contribution is 6.06. The summed E-state index contributed by atoms with van der Waals surface area (Å²) >= 11 is 0. The first-order chi connectivity index (χ1) is 8.69. The van der Waals surface area contributed by atoms with Gasteiger partial charge < -0.3 is 18.3 Å². The first-order valence-electron chi connectivity index (χ1n) is 5.01. The lowest BCUT2D eigenvalue weighted by Gasteiger charge is -2.01. The number of rotatable bonds is 3. The second-order valence-electron chi connectivity index (χ2n) is 3.31. The average Bonchev–Trinajstić information content (AvgIpc) is 3.04. The molecule has 6 nitrogen and oxygen atoms in total. The SMILES string of the molecule is COC(=O)c1coc(-c2ccco2)c1C(=O)OC. The number of methoxy groups -OCH3 is 2. The van der Waals surface area contributed by atoms with Gasteiger partial charge in [-0.15, -0.1) is 0 Å². The highest BCUT2D eigenvalue weighted by Gasteiger charge is 2.28. The normalized spacial score (nSPS) is 10.1. The van der Waals surface area contributed by atoms with E-state index in [9.17, 15) is 9.59 Å². The van der Waals surface area contributed by atoms with Crippen molar-refractivity contribution in [3.8, 4) is 11.5 Å². The number of hydrogen-bond donors (Lipinski definition) is 0. The lowest BCUT2D eigenvalue weighted by Crippen LogP contribution is -2.10. The van der Waals surface area contributed by atoms with Crippen LogP contribution in [0, 0.1) is 0 Å². The summed E-state index contributed by atoms with van der Waals surface area (Å²) in [4.78, 5) is 23.2. The summed E-state index contributed by atoms with van der Waals surface area (Å²) in [5.41, 5.74) is -0.0185. The van der Waals surface area contributed by atoms with Crippen LogP contribution in [0.25, 0.3) is 11.5 Å². The molecule has 0 fully saturated rings. The summed E-state index contributed by atoms with van der Waals surface area (Å²) in [7, 11) is 2.42. The van der Waals surface area contributed by atoms with Crippen LogP contribution >= 0.6 is 0 Å². The molecule has 0 bridgehead atoms. The standard InChI is InChI=1S/C12H10O6/c1-15-11(13)7-6-18-10(8-4-3-5-17-8)9(7)12(14)16-2/h3-6H,1-2H3. The van der Waals surface area contributed by atoms with E-state index in [-0.39, 0.29) is 16.9 Å². The topological polar surface area (TPSA) is 78.9 Å². The number of ether oxygens (including phenoxy) is 2. The molecule has 2 rings (SSSR count). The first kappa shape index (κ1) is 12.0. The third kappa shape index (κ3) is 1.88. The summed E-state index contributed by atoms with van der Waals surface area (Å²) in [6.07, 6.45) is 2.56. The number of carbonyl (C=O) groups excluding carboxylic acids is 2. The molecular formula is C12H10O6. The van der Waals surface area contributed by atoms with Crippen molar-refractivity contribution in [3.05, 3.63) is 35.8 Å². The van der Waals surface area contributed by atoms with Crippen molar-refractivity contribution in [1.29, 1.82) is 0 Å². The number of esters is 2. The zero-order valence-electron chi connectivity index (χ0n) is 9.76. The van der Waals surface area contributed by atoms with Crippen molar-refractivity contribution in [3.63, 3.8) is 0 Å². The fourth-order valence-electron chi connectivity index (χ4n) is 1.51. The Hall–Kier alpha value is -2.50. The molecule has 0 saturated carbocycles. The molecule has 0 aliphatic heterocycles. The highest BCUT2D eigenvalue weighted by Crippen LogP contribution is 2.29. The minimum atomic E-state index is -0.699. The summed E-state index contributed by atoms with van der Waals surface area (Å²) in [6.45, 7) is 0. The van der Waals surface area contributed by atoms with Gasteiger partial charge in [0.2, 0.25) is 0 Å². The van der Waals surface area contributed by atoms with Crippen LogP contribution in [0.3, 0.4) is 0 Å². The quantitative estimate of drug-likeness (QED) is 0.776. The fraction of sp³-hybridized carbons (Fsp3) is 0.167. The molecule has 0 atom stereocenters. The third-order valence-corrected chi connectivity index (χ3v) is 2.33. The molecule has 0 spiro atoms. The van der Waals surface area contributed by atoms with Gasteiger partial charge in [-0.05, 0) is 12.1 Å². The van der Waals surface area contributed by atoms with Crippen LogP contribution in [-0.2, 0) is 9.47 Å². The lowest BCUT2D eigenvalue weighted by molar-refractivity contribution is 0.0557. The molecule has 0 radical (unpaired) electrons. The number of carbonyl (C=O) groups is 2. The van der Waals surface area contributed by atoms with E-state index >= 15 is 0 Å². The van der Waals surface area contributed by atoms with Crippen LogP contribution in [-0.4, -0.2) is 26.2 Å². The molecule has 94 valence electrons. The Morgan fingerprint density at radius 2 is 1.83 bits per heavy atom. The van der Waals surface area contributed by atoms with Crippen molar-refractivity contribution in [2.75, 3.05) is 14.2 Å². The van der Waals surface area contributed by atoms with Gasteiger partial charge >= 0.3 is 11.9 Å². The van der Waals surface area contributed by atoms with E-state index in [0.717, 1.165) is 6.26 Å². The Morgan fingerprint density at radius 1 is 1.11 bits per heavy atom. The molecule has 0 aliphatic carbocycles. The molecule has 0 unspecified atom stereocenters. The number of hydrogen-bond acceptors (Lipinski definition) is 6. The van der Waals surface area contributed by atoms with Gasteiger partial charge in [0.25, 0.3) is 0 Å². The summed E-state index contributed by atoms with van der Waals surface area (Å²) in [5.74, 6) is -0.926. The molecule has 2 aromatic rings. The summed E-state index contributed by atoms with van der Waals surface area (Å²) < 4.78 is 19.5. The van der Waals surface area contributed by atoms with E-state index in [2.05, 4.69) is 9.47 Å². The minimum Gasteiger partial charge on any atom is -0.465 e. The van der Waals surface area contributed by atoms with Gasteiger partial charge in [-0.3, -0.25) is 0 Å². The molecule has 0 amide bonds. The molecule has 6 heteroatoms. The maximum atomic E-state index is 11.7. The molecule has 2 aromatic heterocycles. The summed E-state index contributed by atoms with van der Waals surface area (Å²) in [6, 6.07) is 3.24. The molecule has 18 heavy (non-hydrogen) atoms. The summed E-state index contributed by atoms with van der Waals surface area (Å²) in [5, 5.41) is 0. The smallest absolute Gasteiger partial charge is 0.342 e. The van der Waals surface area contributed by atoms with E-state index in [0.29, 0.717) is 5.76 Å². The molecular weight excluding hydrogens is 240 g/mol. The molecule has 0 aromatic carbocycles. The first-order valence-corrected chi connectivity index (χ1v) is 5.01. The second-order valence-corrected chi connectivity index (χ2v) is 3.31.